The molecule has 0 aliphatic rings. The Morgan fingerprint density at radius 1 is 0.786 bits per heavy atom. The molecule has 3 aromatic carbocycles. The average molecular weight is 374 g/mol. The van der Waals surface area contributed by atoms with Crippen molar-refractivity contribution in [1.29, 1.82) is 0 Å². The lowest BCUT2D eigenvalue weighted by Gasteiger charge is -2.08. The maximum atomic E-state index is 12.2. The van der Waals surface area contributed by atoms with E-state index in [9.17, 15) is 4.79 Å². The highest BCUT2D eigenvalue weighted by Gasteiger charge is 2.04. The summed E-state index contributed by atoms with van der Waals surface area (Å²) in [6.45, 7) is 0. The van der Waals surface area contributed by atoms with Gasteiger partial charge in [0.15, 0.2) is 11.5 Å². The first-order valence-corrected chi connectivity index (χ1v) is 8.81. The fourth-order valence-electron chi connectivity index (χ4n) is 2.64. The summed E-state index contributed by atoms with van der Waals surface area (Å²) in [4.78, 5) is 12.2. The smallest absolute Gasteiger partial charge is 0.248 e. The summed E-state index contributed by atoms with van der Waals surface area (Å²) in [5.74, 6) is 1.05. The molecule has 28 heavy (non-hydrogen) atoms. The second-order valence-electron chi connectivity index (χ2n) is 6.01. The fraction of sp³-hybridized carbons (Fsp3) is 0.0870. The second-order valence-corrected chi connectivity index (χ2v) is 6.01. The lowest BCUT2D eigenvalue weighted by molar-refractivity contribution is -0.111. The minimum atomic E-state index is -0.210. The van der Waals surface area contributed by atoms with Crippen LogP contribution in [0.15, 0.2) is 78.9 Å². The van der Waals surface area contributed by atoms with Gasteiger partial charge in [-0.3, -0.25) is 4.79 Å². The van der Waals surface area contributed by atoms with Crippen molar-refractivity contribution in [1.82, 2.24) is 0 Å². The van der Waals surface area contributed by atoms with Crippen LogP contribution in [0.1, 0.15) is 5.56 Å². The van der Waals surface area contributed by atoms with Crippen LogP contribution in [0.2, 0.25) is 0 Å². The third kappa shape index (κ3) is 5.14. The number of amides is 1. The van der Waals surface area contributed by atoms with Crippen molar-refractivity contribution in [2.45, 2.75) is 0 Å². The maximum absolute atomic E-state index is 12.2. The molecule has 0 atom stereocenters. The van der Waals surface area contributed by atoms with E-state index in [1.807, 2.05) is 66.7 Å². The Balaban J connectivity index is 1.59. The van der Waals surface area contributed by atoms with E-state index >= 15 is 0 Å². The van der Waals surface area contributed by atoms with Crippen molar-refractivity contribution in [3.8, 4) is 11.5 Å². The Morgan fingerprint density at radius 2 is 1.43 bits per heavy atom. The van der Waals surface area contributed by atoms with Crippen LogP contribution >= 0.6 is 0 Å². The number of carbonyl (C=O) groups excluding carboxylic acids is 1. The first-order chi connectivity index (χ1) is 13.7. The molecule has 0 aliphatic carbocycles. The first kappa shape index (κ1) is 19.0. The number of ether oxygens (including phenoxy) is 2. The number of methoxy groups -OCH3 is 2. The topological polar surface area (TPSA) is 59.6 Å². The van der Waals surface area contributed by atoms with E-state index < -0.39 is 0 Å². The van der Waals surface area contributed by atoms with Crippen LogP contribution in [0.5, 0.6) is 11.5 Å². The van der Waals surface area contributed by atoms with Gasteiger partial charge in [-0.1, -0.05) is 24.3 Å². The molecule has 0 aliphatic heterocycles. The van der Waals surface area contributed by atoms with Crippen LogP contribution in [0.25, 0.3) is 6.08 Å². The summed E-state index contributed by atoms with van der Waals surface area (Å²) in [5, 5.41) is 6.15. The number of para-hydroxylation sites is 1. The summed E-state index contributed by atoms with van der Waals surface area (Å²) in [5.41, 5.74) is 3.53. The van der Waals surface area contributed by atoms with E-state index in [4.69, 9.17) is 9.47 Å². The molecule has 142 valence electrons. The molecule has 0 aromatic heterocycles. The van der Waals surface area contributed by atoms with Gasteiger partial charge in [-0.15, -0.1) is 0 Å². The van der Waals surface area contributed by atoms with Crippen molar-refractivity contribution in [2.75, 3.05) is 24.9 Å². The molecular formula is C23H22N2O3. The molecule has 0 saturated carbocycles. The van der Waals surface area contributed by atoms with E-state index in [2.05, 4.69) is 10.6 Å². The highest BCUT2D eigenvalue weighted by Crippen LogP contribution is 2.28. The number of anilines is 3. The zero-order valence-corrected chi connectivity index (χ0v) is 15.8. The summed E-state index contributed by atoms with van der Waals surface area (Å²) in [7, 11) is 3.16. The molecule has 2 N–H and O–H groups in total. The Kier molecular flexibility index (Phi) is 6.31. The van der Waals surface area contributed by atoms with E-state index in [1.54, 1.807) is 26.4 Å². The molecule has 0 fully saturated rings. The number of benzene rings is 3. The maximum Gasteiger partial charge on any atom is 0.248 e. The SMILES string of the molecule is COc1ccc(C=CC(=O)Nc2ccc(Nc3ccccc3)cc2)cc1OC. The number of hydrogen-bond donors (Lipinski definition) is 2. The Hall–Kier alpha value is -3.73. The van der Waals surface area contributed by atoms with E-state index in [1.165, 1.54) is 6.08 Å². The molecule has 0 radical (unpaired) electrons. The van der Waals surface area contributed by atoms with Gasteiger partial charge in [-0.05, 0) is 60.2 Å². The molecule has 1 amide bonds. The quantitative estimate of drug-likeness (QED) is 0.565. The van der Waals surface area contributed by atoms with Crippen molar-refractivity contribution < 1.29 is 14.3 Å². The second kappa shape index (κ2) is 9.28. The molecule has 0 unspecified atom stereocenters. The lowest BCUT2D eigenvalue weighted by atomic mass is 10.2. The normalized spacial score (nSPS) is 10.5. The van der Waals surface area contributed by atoms with Gasteiger partial charge >= 0.3 is 0 Å². The van der Waals surface area contributed by atoms with Gasteiger partial charge in [0.25, 0.3) is 0 Å². The summed E-state index contributed by atoms with van der Waals surface area (Å²) in [6, 6.07) is 22.9. The van der Waals surface area contributed by atoms with Crippen LogP contribution in [-0.2, 0) is 4.79 Å². The van der Waals surface area contributed by atoms with Crippen molar-refractivity contribution >= 4 is 29.0 Å². The largest absolute Gasteiger partial charge is 0.493 e. The van der Waals surface area contributed by atoms with Gasteiger partial charge in [0.2, 0.25) is 5.91 Å². The van der Waals surface area contributed by atoms with Gasteiger partial charge in [-0.2, -0.15) is 0 Å². The van der Waals surface area contributed by atoms with E-state index in [0.717, 1.165) is 22.6 Å². The third-order valence-corrected chi connectivity index (χ3v) is 4.05. The Bertz CT molecular complexity index is 951. The number of hydrogen-bond acceptors (Lipinski definition) is 4. The highest BCUT2D eigenvalue weighted by atomic mass is 16.5. The molecule has 0 heterocycles. The fourth-order valence-corrected chi connectivity index (χ4v) is 2.64. The zero-order valence-electron chi connectivity index (χ0n) is 15.8. The molecule has 3 aromatic rings. The third-order valence-electron chi connectivity index (χ3n) is 4.05. The van der Waals surface area contributed by atoms with Crippen molar-refractivity contribution in [2.24, 2.45) is 0 Å². The predicted octanol–water partition coefficient (Wildman–Crippen LogP) is 5.10. The Labute approximate surface area is 164 Å². The highest BCUT2D eigenvalue weighted by molar-refractivity contribution is 6.02. The van der Waals surface area contributed by atoms with E-state index in [0.29, 0.717) is 11.5 Å². The number of nitrogens with one attached hydrogen (secondary N) is 2. The number of carbonyl (C=O) groups is 1. The standard InChI is InChI=1S/C23H22N2O3/c1-27-21-14-8-17(16-22(21)28-2)9-15-23(26)25-20-12-10-19(11-13-20)24-18-6-4-3-5-7-18/h3-16,24H,1-2H3,(H,25,26). The van der Waals surface area contributed by atoms with Crippen LogP contribution in [0.3, 0.4) is 0 Å². The lowest BCUT2D eigenvalue weighted by Crippen LogP contribution is -2.07. The molecule has 5 nitrogen and oxygen atoms in total. The zero-order chi connectivity index (χ0) is 19.8. The van der Waals surface area contributed by atoms with E-state index in [-0.39, 0.29) is 5.91 Å². The van der Waals surface area contributed by atoms with Crippen LogP contribution in [-0.4, -0.2) is 20.1 Å². The van der Waals surface area contributed by atoms with Crippen LogP contribution in [0.4, 0.5) is 17.1 Å². The van der Waals surface area contributed by atoms with Crippen molar-refractivity contribution in [3.05, 3.63) is 84.4 Å². The van der Waals surface area contributed by atoms with Crippen LogP contribution in [0, 0.1) is 0 Å². The first-order valence-electron chi connectivity index (χ1n) is 8.81. The molecule has 0 saturated heterocycles. The monoisotopic (exact) mass is 374 g/mol. The minimum Gasteiger partial charge on any atom is -0.493 e. The Morgan fingerprint density at radius 3 is 2.11 bits per heavy atom. The molecular weight excluding hydrogens is 352 g/mol. The molecule has 3 rings (SSSR count). The molecule has 5 heteroatoms. The van der Waals surface area contributed by atoms with Gasteiger partial charge in [0.1, 0.15) is 0 Å². The number of rotatable bonds is 7. The van der Waals surface area contributed by atoms with Crippen LogP contribution < -0.4 is 20.1 Å². The minimum absolute atomic E-state index is 0.210. The van der Waals surface area contributed by atoms with Gasteiger partial charge in [0, 0.05) is 23.1 Å². The summed E-state index contributed by atoms with van der Waals surface area (Å²) < 4.78 is 10.5. The molecule has 0 spiro atoms. The predicted molar refractivity (Wildman–Crippen MR) is 113 cm³/mol. The summed E-state index contributed by atoms with van der Waals surface area (Å²) in [6.07, 6.45) is 3.21. The van der Waals surface area contributed by atoms with Gasteiger partial charge < -0.3 is 20.1 Å². The van der Waals surface area contributed by atoms with Gasteiger partial charge in [-0.25, -0.2) is 0 Å². The average Bonchev–Trinajstić information content (AvgIpc) is 2.74. The molecule has 0 bridgehead atoms. The van der Waals surface area contributed by atoms with Gasteiger partial charge in [0.05, 0.1) is 14.2 Å². The van der Waals surface area contributed by atoms with Crippen molar-refractivity contribution in [3.63, 3.8) is 0 Å². The summed E-state index contributed by atoms with van der Waals surface area (Å²) >= 11 is 0.